The van der Waals surface area contributed by atoms with Gasteiger partial charge in [0, 0.05) is 6.07 Å². The number of phenols is 1. The van der Waals surface area contributed by atoms with Gasteiger partial charge >= 0.3 is 123 Å². The third kappa shape index (κ3) is 6.79. The molecule has 0 saturated carbocycles. The topological polar surface area (TPSA) is 116 Å². The van der Waals surface area contributed by atoms with Crippen LogP contribution in [0.25, 0.3) is 0 Å². The van der Waals surface area contributed by atoms with Gasteiger partial charge in [-0.2, -0.15) is 16.8 Å². The second-order valence-corrected chi connectivity index (χ2v) is 7.79. The summed E-state index contributed by atoms with van der Waals surface area (Å²) in [6, 6.07) is 8.05. The second kappa shape index (κ2) is 11.2. The molecule has 0 aliphatic rings. The Morgan fingerprint density at radius 3 is 1.73 bits per heavy atom. The summed E-state index contributed by atoms with van der Waals surface area (Å²) < 4.78 is 62.5. The zero-order chi connectivity index (χ0) is 18.0. The maximum absolute atomic E-state index is 12.1. The van der Waals surface area contributed by atoms with Gasteiger partial charge in [-0.3, -0.25) is 0 Å². The normalized spacial score (nSPS) is 11.0. The summed E-state index contributed by atoms with van der Waals surface area (Å²) in [7, 11) is -6.55. The van der Waals surface area contributed by atoms with Crippen LogP contribution < -0.4 is 9.47 Å². The molecule has 0 unspecified atom stereocenters. The Kier molecular flexibility index (Phi) is 11.7. The van der Waals surface area contributed by atoms with Crippen molar-refractivity contribution >= 4 is 123 Å². The molecule has 8 nitrogen and oxygen atoms in total. The average molecular weight is 455 g/mol. The van der Waals surface area contributed by atoms with Crippen molar-refractivity contribution in [3.05, 3.63) is 42.5 Å². The Bertz CT molecular complexity index is 941. The Balaban J connectivity index is 0.00000312. The molecule has 2 aromatic rings. The van der Waals surface area contributed by atoms with Crippen molar-refractivity contribution < 1.29 is 35.0 Å². The first kappa shape index (κ1) is 27.0. The molecule has 26 heavy (non-hydrogen) atoms. The summed E-state index contributed by atoms with van der Waals surface area (Å²) in [5.74, 6) is -0.0344. The van der Waals surface area contributed by atoms with Gasteiger partial charge in [0.25, 0.3) is 0 Å². The van der Waals surface area contributed by atoms with Crippen LogP contribution in [0.15, 0.2) is 52.3 Å². The molecule has 0 heterocycles. The molecule has 12 heteroatoms. The van der Waals surface area contributed by atoms with Crippen LogP contribution in [0, 0.1) is 0 Å². The molecule has 0 amide bonds. The summed E-state index contributed by atoms with van der Waals surface area (Å²) in [4.78, 5) is -0.887. The molecular weight excluding hydrogens is 438 g/mol. The number of rotatable bonds is 6. The van der Waals surface area contributed by atoms with Crippen molar-refractivity contribution in [2.45, 2.75) is 9.79 Å². The molecule has 0 spiro atoms. The molecule has 0 aromatic heterocycles. The van der Waals surface area contributed by atoms with Crippen LogP contribution in [0.5, 0.6) is 17.2 Å². The van der Waals surface area contributed by atoms with Crippen molar-refractivity contribution in [3.63, 3.8) is 0 Å². The zero-order valence-corrected chi connectivity index (χ0v) is 14.3. The minimum atomic E-state index is -4.66. The van der Waals surface area contributed by atoms with E-state index in [1.54, 1.807) is 0 Å². The second-order valence-electron chi connectivity index (χ2n) is 4.49. The van der Waals surface area contributed by atoms with Crippen LogP contribution in [0.3, 0.4) is 0 Å². The summed E-state index contributed by atoms with van der Waals surface area (Å²) in [5, 5.41) is 9.62. The van der Waals surface area contributed by atoms with Gasteiger partial charge in [0.2, 0.25) is 0 Å². The minimum absolute atomic E-state index is 0. The van der Waals surface area contributed by atoms with Gasteiger partial charge < -0.3 is 14.6 Å². The quantitative estimate of drug-likeness (QED) is 0.616. The fraction of sp³-hybridized carbons (Fsp3) is 0.143. The predicted molar refractivity (Wildman–Crippen MR) is 97.4 cm³/mol. The average Bonchev–Trinajstić information content (AvgIpc) is 2.54. The van der Waals surface area contributed by atoms with E-state index >= 15 is 0 Å². The SMILES string of the molecule is COc1ccc(S(=O)(=O)OS(=O)(=O)c2ccc(OC)c(O)c2)cc1.[KH].[KH]. The van der Waals surface area contributed by atoms with Crippen LogP contribution in [-0.4, -0.2) is 139 Å². The van der Waals surface area contributed by atoms with E-state index in [1.165, 1.54) is 32.4 Å². The fourth-order valence-corrected chi connectivity index (χ4v) is 4.30. The maximum atomic E-state index is 12.1. The molecule has 1 N–H and O–H groups in total. The number of methoxy groups -OCH3 is 2. The van der Waals surface area contributed by atoms with E-state index in [-0.39, 0.29) is 113 Å². The van der Waals surface area contributed by atoms with Crippen LogP contribution in [0.4, 0.5) is 0 Å². The van der Waals surface area contributed by atoms with Gasteiger partial charge in [-0.15, -0.1) is 3.63 Å². The standard InChI is InChI=1S/C14H14O8S2.2K.2H/c1-20-10-3-5-11(6-4-10)23(16,17)22-24(18,19)12-7-8-14(21-2)13(15)9-12;;;;/h3-9,15H,1-2H3;;;;. The Labute approximate surface area is 237 Å². The fourth-order valence-electron chi connectivity index (χ4n) is 1.76. The first-order valence-corrected chi connectivity index (χ1v) is 9.23. The predicted octanol–water partition coefficient (Wildman–Crippen LogP) is 0.207. The van der Waals surface area contributed by atoms with Gasteiger partial charge in [0.1, 0.15) is 5.75 Å². The zero-order valence-electron chi connectivity index (χ0n) is 12.7. The van der Waals surface area contributed by atoms with E-state index in [0.29, 0.717) is 5.75 Å². The Hall–Kier alpha value is 0.973. The molecule has 0 aliphatic carbocycles. The molecule has 0 radical (unpaired) electrons. The van der Waals surface area contributed by atoms with E-state index < -0.39 is 30.9 Å². The van der Waals surface area contributed by atoms with Gasteiger partial charge in [-0.05, 0) is 36.4 Å². The molecule has 134 valence electrons. The third-order valence-corrected chi connectivity index (χ3v) is 6.08. The van der Waals surface area contributed by atoms with Crippen molar-refractivity contribution in [1.29, 1.82) is 0 Å². The summed E-state index contributed by atoms with van der Waals surface area (Å²) in [6.45, 7) is 0. The molecule has 2 rings (SSSR count). The van der Waals surface area contributed by atoms with Crippen molar-refractivity contribution in [3.8, 4) is 17.2 Å². The number of benzene rings is 2. The Morgan fingerprint density at radius 2 is 1.27 bits per heavy atom. The summed E-state index contributed by atoms with van der Waals surface area (Å²) in [5.41, 5.74) is 0. The number of hydrogen-bond acceptors (Lipinski definition) is 8. The number of phenolic OH excluding ortho intramolecular Hbond substituents is 1. The number of hydrogen-bond donors (Lipinski definition) is 1. The molecule has 0 bridgehead atoms. The van der Waals surface area contributed by atoms with Crippen molar-refractivity contribution in [1.82, 2.24) is 0 Å². The van der Waals surface area contributed by atoms with Gasteiger partial charge in [0.05, 0.1) is 24.0 Å². The van der Waals surface area contributed by atoms with Crippen molar-refractivity contribution in [2.75, 3.05) is 14.2 Å². The molecule has 0 atom stereocenters. The first-order valence-electron chi connectivity index (χ1n) is 6.42. The van der Waals surface area contributed by atoms with Gasteiger partial charge in [-0.1, -0.05) is 0 Å². The number of aromatic hydroxyl groups is 1. The van der Waals surface area contributed by atoms with Gasteiger partial charge in [-0.25, -0.2) is 0 Å². The monoisotopic (exact) mass is 454 g/mol. The van der Waals surface area contributed by atoms with Crippen LogP contribution in [-0.2, 0) is 23.9 Å². The van der Waals surface area contributed by atoms with Gasteiger partial charge in [0.15, 0.2) is 11.5 Å². The third-order valence-electron chi connectivity index (χ3n) is 2.97. The number of ether oxygens (including phenoxy) is 2. The Morgan fingerprint density at radius 1 is 0.769 bits per heavy atom. The molecule has 2 aromatic carbocycles. The molecule has 0 saturated heterocycles. The molecule has 0 fully saturated rings. The van der Waals surface area contributed by atoms with E-state index in [9.17, 15) is 21.9 Å². The van der Waals surface area contributed by atoms with Crippen LogP contribution in [0.2, 0.25) is 0 Å². The van der Waals surface area contributed by atoms with Crippen LogP contribution >= 0.6 is 0 Å². The van der Waals surface area contributed by atoms with E-state index in [4.69, 9.17) is 9.47 Å². The molecular formula is C14H16K2O8S2. The van der Waals surface area contributed by atoms with E-state index in [0.717, 1.165) is 24.3 Å². The van der Waals surface area contributed by atoms with Crippen LogP contribution in [0.1, 0.15) is 0 Å². The van der Waals surface area contributed by atoms with E-state index in [1.807, 2.05) is 0 Å². The van der Waals surface area contributed by atoms with E-state index in [2.05, 4.69) is 3.63 Å². The summed E-state index contributed by atoms with van der Waals surface area (Å²) >= 11 is 0. The first-order chi connectivity index (χ1) is 11.2. The summed E-state index contributed by atoms with van der Waals surface area (Å²) in [6.07, 6.45) is 0. The molecule has 0 aliphatic heterocycles. The van der Waals surface area contributed by atoms with Crippen molar-refractivity contribution in [2.24, 2.45) is 0 Å².